The quantitative estimate of drug-likeness (QED) is 0.786. The monoisotopic (exact) mass is 301 g/mol. The average molecular weight is 301 g/mol. The van der Waals surface area contributed by atoms with Crippen molar-refractivity contribution in [1.29, 1.82) is 0 Å². The maximum Gasteiger partial charge on any atom is 0.223 e. The minimum absolute atomic E-state index is 0.0183. The predicted octanol–water partition coefficient (Wildman–Crippen LogP) is 2.29. The maximum absolute atomic E-state index is 12.8. The fourth-order valence-electron chi connectivity index (χ4n) is 3.12. The summed E-state index contributed by atoms with van der Waals surface area (Å²) in [6.45, 7) is 5.47. The van der Waals surface area contributed by atoms with E-state index in [9.17, 15) is 14.4 Å². The molecule has 2 aliphatic heterocycles. The third kappa shape index (κ3) is 2.21. The molecule has 1 aromatic rings. The molecule has 22 heavy (non-hydrogen) atoms. The molecule has 0 bridgehead atoms. The molecule has 3 rings (SSSR count). The van der Waals surface area contributed by atoms with E-state index in [-0.39, 0.29) is 17.5 Å². The molecule has 2 aliphatic rings. The van der Waals surface area contributed by atoms with E-state index in [1.54, 1.807) is 36.9 Å². The first-order valence-electron chi connectivity index (χ1n) is 7.49. The van der Waals surface area contributed by atoms with E-state index in [2.05, 4.69) is 0 Å². The molecule has 0 aromatic heterocycles. The number of ether oxygens (including phenoxy) is 1. The second-order valence-electron chi connectivity index (χ2n) is 6.38. The van der Waals surface area contributed by atoms with Crippen LogP contribution >= 0.6 is 0 Å². The van der Waals surface area contributed by atoms with Crippen molar-refractivity contribution in [3.8, 4) is 5.75 Å². The van der Waals surface area contributed by atoms with Gasteiger partial charge in [-0.3, -0.25) is 14.4 Å². The summed E-state index contributed by atoms with van der Waals surface area (Å²) in [5.41, 5.74) is 0.150. The van der Waals surface area contributed by atoms with Crippen molar-refractivity contribution in [2.75, 3.05) is 6.54 Å². The van der Waals surface area contributed by atoms with E-state index in [0.717, 1.165) is 6.42 Å². The number of rotatable bonds is 2. The molecule has 1 saturated heterocycles. The first-order chi connectivity index (χ1) is 10.3. The molecule has 5 nitrogen and oxygen atoms in total. The summed E-state index contributed by atoms with van der Waals surface area (Å²) in [6.07, 6.45) is 1.22. The smallest absolute Gasteiger partial charge is 0.223 e. The highest BCUT2D eigenvalue weighted by atomic mass is 16.5. The average Bonchev–Trinajstić information content (AvgIpc) is 2.85. The second kappa shape index (κ2) is 4.93. The molecule has 1 unspecified atom stereocenters. The summed E-state index contributed by atoms with van der Waals surface area (Å²) in [4.78, 5) is 38.2. The lowest BCUT2D eigenvalue weighted by Gasteiger charge is -2.39. The SMILES string of the molecule is CC(=O)c1ccc2c(c1)C(N1CCCC1=O)C(=O)C(C)(C)O2. The first kappa shape index (κ1) is 14.8. The lowest BCUT2D eigenvalue weighted by atomic mass is 9.86. The zero-order valence-corrected chi connectivity index (χ0v) is 13.0. The van der Waals surface area contributed by atoms with Crippen molar-refractivity contribution in [1.82, 2.24) is 4.90 Å². The number of carbonyl (C=O) groups excluding carboxylic acids is 3. The standard InChI is InChI=1S/C17H19NO4/c1-10(19)11-6-7-13-12(9-11)15(16(21)17(2,3)22-13)18-8-4-5-14(18)20/h6-7,9,15H,4-5,8H2,1-3H3. The van der Waals surface area contributed by atoms with Crippen LogP contribution in [0.4, 0.5) is 0 Å². The molecular weight excluding hydrogens is 282 g/mol. The van der Waals surface area contributed by atoms with Gasteiger partial charge in [0.25, 0.3) is 0 Å². The van der Waals surface area contributed by atoms with Crippen LogP contribution in [0.5, 0.6) is 5.75 Å². The van der Waals surface area contributed by atoms with Gasteiger partial charge in [0.2, 0.25) is 11.7 Å². The topological polar surface area (TPSA) is 63.7 Å². The highest BCUT2D eigenvalue weighted by molar-refractivity contribution is 5.99. The highest BCUT2D eigenvalue weighted by Gasteiger charge is 2.47. The Morgan fingerprint density at radius 1 is 1.32 bits per heavy atom. The summed E-state index contributed by atoms with van der Waals surface area (Å²) in [7, 11) is 0. The Morgan fingerprint density at radius 3 is 2.64 bits per heavy atom. The van der Waals surface area contributed by atoms with Gasteiger partial charge in [-0.05, 0) is 45.4 Å². The number of likely N-dealkylation sites (tertiary alicyclic amines) is 1. The van der Waals surface area contributed by atoms with Gasteiger partial charge < -0.3 is 9.64 Å². The first-order valence-corrected chi connectivity index (χ1v) is 7.49. The number of ketones is 2. The van der Waals surface area contributed by atoms with Crippen LogP contribution in [-0.4, -0.2) is 34.5 Å². The van der Waals surface area contributed by atoms with Crippen LogP contribution in [0, 0.1) is 0 Å². The van der Waals surface area contributed by atoms with Crippen LogP contribution in [0.3, 0.4) is 0 Å². The van der Waals surface area contributed by atoms with Gasteiger partial charge in [0.05, 0.1) is 0 Å². The van der Waals surface area contributed by atoms with Gasteiger partial charge in [-0.25, -0.2) is 0 Å². The normalized spacial score (nSPS) is 23.2. The predicted molar refractivity (Wildman–Crippen MR) is 79.8 cm³/mol. The fourth-order valence-corrected chi connectivity index (χ4v) is 3.12. The van der Waals surface area contributed by atoms with Crippen LogP contribution in [-0.2, 0) is 9.59 Å². The maximum atomic E-state index is 12.8. The Balaban J connectivity index is 2.15. The van der Waals surface area contributed by atoms with Crippen molar-refractivity contribution >= 4 is 17.5 Å². The summed E-state index contributed by atoms with van der Waals surface area (Å²) in [5.74, 6) is 0.331. The fraction of sp³-hybridized carbons (Fsp3) is 0.471. The summed E-state index contributed by atoms with van der Waals surface area (Å²) >= 11 is 0. The zero-order chi connectivity index (χ0) is 16.1. The van der Waals surface area contributed by atoms with E-state index in [1.807, 2.05) is 0 Å². The van der Waals surface area contributed by atoms with Crippen LogP contribution in [0.1, 0.15) is 55.6 Å². The number of benzene rings is 1. The Morgan fingerprint density at radius 2 is 2.05 bits per heavy atom. The van der Waals surface area contributed by atoms with E-state index >= 15 is 0 Å². The van der Waals surface area contributed by atoms with Gasteiger partial charge in [-0.15, -0.1) is 0 Å². The molecule has 2 heterocycles. The van der Waals surface area contributed by atoms with Crippen LogP contribution < -0.4 is 4.74 Å². The lowest BCUT2D eigenvalue weighted by Crippen LogP contribution is -2.50. The van der Waals surface area contributed by atoms with Gasteiger partial charge in [0.1, 0.15) is 11.8 Å². The van der Waals surface area contributed by atoms with Crippen molar-refractivity contribution in [3.63, 3.8) is 0 Å². The van der Waals surface area contributed by atoms with E-state index in [4.69, 9.17) is 4.74 Å². The van der Waals surface area contributed by atoms with Gasteiger partial charge in [-0.2, -0.15) is 0 Å². The van der Waals surface area contributed by atoms with E-state index < -0.39 is 11.6 Å². The number of hydrogen-bond donors (Lipinski definition) is 0. The molecule has 116 valence electrons. The van der Waals surface area contributed by atoms with Crippen molar-refractivity contribution in [2.24, 2.45) is 0 Å². The molecule has 0 saturated carbocycles. The van der Waals surface area contributed by atoms with Gasteiger partial charge in [-0.1, -0.05) is 0 Å². The lowest BCUT2D eigenvalue weighted by molar-refractivity contribution is -0.146. The number of hydrogen-bond acceptors (Lipinski definition) is 4. The zero-order valence-electron chi connectivity index (χ0n) is 13.0. The molecule has 0 spiro atoms. The molecular formula is C17H19NO4. The number of Topliss-reactive ketones (excluding diaryl/α,β-unsaturated/α-hetero) is 2. The Hall–Kier alpha value is -2.17. The van der Waals surface area contributed by atoms with Crippen molar-refractivity contribution < 1.29 is 19.1 Å². The molecule has 1 aromatic carbocycles. The third-order valence-electron chi connectivity index (χ3n) is 4.34. The van der Waals surface area contributed by atoms with Crippen LogP contribution in [0.25, 0.3) is 0 Å². The Bertz CT molecular complexity index is 677. The van der Waals surface area contributed by atoms with Crippen molar-refractivity contribution in [3.05, 3.63) is 29.3 Å². The second-order valence-corrected chi connectivity index (χ2v) is 6.38. The number of fused-ring (bicyclic) bond motifs is 1. The highest BCUT2D eigenvalue weighted by Crippen LogP contribution is 2.42. The molecule has 0 aliphatic carbocycles. The molecule has 1 fully saturated rings. The van der Waals surface area contributed by atoms with E-state index in [0.29, 0.717) is 29.8 Å². The molecule has 1 atom stereocenters. The summed E-state index contributed by atoms with van der Waals surface area (Å²) < 4.78 is 5.79. The Labute approximate surface area is 129 Å². The largest absolute Gasteiger partial charge is 0.480 e. The van der Waals surface area contributed by atoms with Crippen LogP contribution in [0.15, 0.2) is 18.2 Å². The number of carbonyl (C=O) groups is 3. The van der Waals surface area contributed by atoms with Gasteiger partial charge in [0.15, 0.2) is 11.4 Å². The molecule has 5 heteroatoms. The Kier molecular flexibility index (Phi) is 3.31. The van der Waals surface area contributed by atoms with Gasteiger partial charge in [0, 0.05) is 24.1 Å². The molecule has 0 N–H and O–H groups in total. The summed E-state index contributed by atoms with van der Waals surface area (Å²) in [5, 5.41) is 0. The van der Waals surface area contributed by atoms with Crippen LogP contribution in [0.2, 0.25) is 0 Å². The van der Waals surface area contributed by atoms with E-state index in [1.165, 1.54) is 6.92 Å². The summed E-state index contributed by atoms with van der Waals surface area (Å²) in [6, 6.07) is 4.43. The minimum atomic E-state index is -0.988. The number of nitrogens with zero attached hydrogens (tertiary/aromatic N) is 1. The third-order valence-corrected chi connectivity index (χ3v) is 4.34. The minimum Gasteiger partial charge on any atom is -0.480 e. The number of amides is 1. The molecule has 0 radical (unpaired) electrons. The van der Waals surface area contributed by atoms with Gasteiger partial charge >= 0.3 is 0 Å². The molecule has 1 amide bonds. The van der Waals surface area contributed by atoms with Crippen molar-refractivity contribution in [2.45, 2.75) is 45.3 Å².